The highest BCUT2D eigenvalue weighted by Crippen LogP contribution is 2.27. The van der Waals surface area contributed by atoms with Gasteiger partial charge < -0.3 is 15.5 Å². The summed E-state index contributed by atoms with van der Waals surface area (Å²) in [4.78, 5) is 19.0. The number of nitrogens with one attached hydrogen (secondary N) is 2. The van der Waals surface area contributed by atoms with Gasteiger partial charge in [0.25, 0.3) is 5.91 Å². The summed E-state index contributed by atoms with van der Waals surface area (Å²) in [7, 11) is 4.05. The number of anilines is 2. The fraction of sp³-hybridized carbons (Fsp3) is 0.400. The SMILES string of the molecule is Cc1cccc(C(C)C)c1NC(=O)c1cncc(NCCN(C)C)c1. The molecule has 0 aliphatic carbocycles. The summed E-state index contributed by atoms with van der Waals surface area (Å²) in [6.45, 7) is 7.98. The van der Waals surface area contributed by atoms with Gasteiger partial charge in [-0.05, 0) is 44.1 Å². The standard InChI is InChI=1S/C20H28N4O/c1-14(2)18-8-6-7-15(3)19(18)23-20(25)16-11-17(13-21-12-16)22-9-10-24(4)5/h6-8,11-14,22H,9-10H2,1-5H3,(H,23,25). The molecular formula is C20H28N4O. The maximum atomic E-state index is 12.7. The van der Waals surface area contributed by atoms with Crippen LogP contribution < -0.4 is 10.6 Å². The molecule has 5 heteroatoms. The maximum absolute atomic E-state index is 12.7. The second-order valence-corrected chi connectivity index (χ2v) is 6.84. The molecule has 1 aromatic carbocycles. The topological polar surface area (TPSA) is 57.3 Å². The minimum Gasteiger partial charge on any atom is -0.382 e. The highest BCUT2D eigenvalue weighted by atomic mass is 16.1. The summed E-state index contributed by atoms with van der Waals surface area (Å²) in [5, 5.41) is 6.35. The number of rotatable bonds is 7. The molecule has 0 bridgehead atoms. The van der Waals surface area contributed by atoms with Crippen molar-refractivity contribution >= 4 is 17.3 Å². The first kappa shape index (κ1) is 18.9. The monoisotopic (exact) mass is 340 g/mol. The van der Waals surface area contributed by atoms with Crippen molar-refractivity contribution < 1.29 is 4.79 Å². The van der Waals surface area contributed by atoms with E-state index in [4.69, 9.17) is 0 Å². The lowest BCUT2D eigenvalue weighted by Crippen LogP contribution is -2.21. The minimum absolute atomic E-state index is 0.139. The summed E-state index contributed by atoms with van der Waals surface area (Å²) in [6.07, 6.45) is 3.33. The first-order chi connectivity index (χ1) is 11.9. The molecule has 0 fully saturated rings. The van der Waals surface area contributed by atoms with Crippen LogP contribution in [0.1, 0.15) is 41.3 Å². The maximum Gasteiger partial charge on any atom is 0.257 e. The molecule has 1 heterocycles. The number of carbonyl (C=O) groups excluding carboxylic acids is 1. The van der Waals surface area contributed by atoms with Crippen molar-refractivity contribution in [3.8, 4) is 0 Å². The van der Waals surface area contributed by atoms with Gasteiger partial charge >= 0.3 is 0 Å². The number of benzene rings is 1. The summed E-state index contributed by atoms with van der Waals surface area (Å²) in [5.74, 6) is 0.201. The van der Waals surface area contributed by atoms with Crippen molar-refractivity contribution in [3.63, 3.8) is 0 Å². The fourth-order valence-corrected chi connectivity index (χ4v) is 2.61. The molecule has 0 aliphatic heterocycles. The number of hydrogen-bond donors (Lipinski definition) is 2. The molecule has 0 spiro atoms. The predicted molar refractivity (Wildman–Crippen MR) is 105 cm³/mol. The summed E-state index contributed by atoms with van der Waals surface area (Å²) < 4.78 is 0. The van der Waals surface area contributed by atoms with Gasteiger partial charge in [0.2, 0.25) is 0 Å². The Morgan fingerprint density at radius 1 is 1.24 bits per heavy atom. The zero-order valence-corrected chi connectivity index (χ0v) is 15.8. The van der Waals surface area contributed by atoms with Gasteiger partial charge in [-0.15, -0.1) is 0 Å². The third kappa shape index (κ3) is 5.29. The summed E-state index contributed by atoms with van der Waals surface area (Å²) in [6, 6.07) is 7.94. The van der Waals surface area contributed by atoms with E-state index >= 15 is 0 Å². The zero-order valence-electron chi connectivity index (χ0n) is 15.8. The Morgan fingerprint density at radius 3 is 2.68 bits per heavy atom. The van der Waals surface area contributed by atoms with Gasteiger partial charge in [-0.25, -0.2) is 0 Å². The second kappa shape index (κ2) is 8.62. The van der Waals surface area contributed by atoms with Gasteiger partial charge in [0.15, 0.2) is 0 Å². The number of carbonyl (C=O) groups is 1. The molecule has 2 rings (SSSR count). The minimum atomic E-state index is -0.139. The normalized spacial score (nSPS) is 11.0. The van der Waals surface area contributed by atoms with Crippen LogP contribution in [0.3, 0.4) is 0 Å². The molecule has 0 saturated carbocycles. The number of pyridine rings is 1. The molecule has 0 radical (unpaired) electrons. The largest absolute Gasteiger partial charge is 0.382 e. The van der Waals surface area contributed by atoms with Crippen LogP contribution in [0.2, 0.25) is 0 Å². The smallest absolute Gasteiger partial charge is 0.257 e. The zero-order chi connectivity index (χ0) is 18.4. The van der Waals surface area contributed by atoms with Crippen LogP contribution in [0, 0.1) is 6.92 Å². The number of aromatic nitrogens is 1. The van der Waals surface area contributed by atoms with E-state index in [1.165, 1.54) is 0 Å². The number of nitrogens with zero attached hydrogens (tertiary/aromatic N) is 2. The number of aryl methyl sites for hydroxylation is 1. The highest BCUT2D eigenvalue weighted by Gasteiger charge is 2.14. The lowest BCUT2D eigenvalue weighted by molar-refractivity contribution is 0.102. The predicted octanol–water partition coefficient (Wildman–Crippen LogP) is 3.74. The average Bonchev–Trinajstić information content (AvgIpc) is 2.56. The van der Waals surface area contributed by atoms with Crippen LogP contribution in [-0.4, -0.2) is 43.0 Å². The quantitative estimate of drug-likeness (QED) is 0.806. The van der Waals surface area contributed by atoms with E-state index in [9.17, 15) is 4.79 Å². The average molecular weight is 340 g/mol. The lowest BCUT2D eigenvalue weighted by Gasteiger charge is -2.16. The Labute approximate surface area is 150 Å². The molecule has 0 saturated heterocycles. The fourth-order valence-electron chi connectivity index (χ4n) is 2.61. The van der Waals surface area contributed by atoms with E-state index in [0.717, 1.165) is 35.6 Å². The molecule has 0 unspecified atom stereocenters. The highest BCUT2D eigenvalue weighted by molar-refractivity contribution is 6.05. The van der Waals surface area contributed by atoms with Gasteiger partial charge in [-0.2, -0.15) is 0 Å². The van der Waals surface area contributed by atoms with Gasteiger partial charge in [0.1, 0.15) is 0 Å². The number of amides is 1. The van der Waals surface area contributed by atoms with Crippen molar-refractivity contribution in [3.05, 3.63) is 53.3 Å². The first-order valence-electron chi connectivity index (χ1n) is 8.63. The molecular weight excluding hydrogens is 312 g/mol. The van der Waals surface area contributed by atoms with E-state index < -0.39 is 0 Å². The van der Waals surface area contributed by atoms with Gasteiger partial charge in [-0.3, -0.25) is 9.78 Å². The van der Waals surface area contributed by atoms with Gasteiger partial charge in [-0.1, -0.05) is 32.0 Å². The van der Waals surface area contributed by atoms with Crippen molar-refractivity contribution in [2.75, 3.05) is 37.8 Å². The third-order valence-corrected chi connectivity index (χ3v) is 4.05. The van der Waals surface area contributed by atoms with E-state index in [1.54, 1.807) is 12.4 Å². The third-order valence-electron chi connectivity index (χ3n) is 4.05. The van der Waals surface area contributed by atoms with Crippen LogP contribution in [0.25, 0.3) is 0 Å². The van der Waals surface area contributed by atoms with Crippen molar-refractivity contribution in [1.29, 1.82) is 0 Å². The lowest BCUT2D eigenvalue weighted by atomic mass is 9.98. The number of para-hydroxylation sites is 1. The Morgan fingerprint density at radius 2 is 2.00 bits per heavy atom. The van der Waals surface area contributed by atoms with Crippen molar-refractivity contribution in [2.24, 2.45) is 0 Å². The van der Waals surface area contributed by atoms with Gasteiger partial charge in [0, 0.05) is 31.2 Å². The van der Waals surface area contributed by atoms with Crippen LogP contribution in [0.4, 0.5) is 11.4 Å². The second-order valence-electron chi connectivity index (χ2n) is 6.84. The number of likely N-dealkylation sites (N-methyl/N-ethyl adjacent to an activating group) is 1. The van der Waals surface area contributed by atoms with Crippen molar-refractivity contribution in [1.82, 2.24) is 9.88 Å². The Hall–Kier alpha value is -2.40. The summed E-state index contributed by atoms with van der Waals surface area (Å²) in [5.41, 5.74) is 4.50. The molecule has 134 valence electrons. The van der Waals surface area contributed by atoms with Crippen LogP contribution in [0.15, 0.2) is 36.7 Å². The van der Waals surface area contributed by atoms with E-state index in [2.05, 4.69) is 40.4 Å². The van der Waals surface area contributed by atoms with E-state index in [0.29, 0.717) is 11.5 Å². The van der Waals surface area contributed by atoms with Crippen LogP contribution in [-0.2, 0) is 0 Å². The van der Waals surface area contributed by atoms with Crippen LogP contribution in [0.5, 0.6) is 0 Å². The molecule has 1 aromatic heterocycles. The molecule has 5 nitrogen and oxygen atoms in total. The first-order valence-corrected chi connectivity index (χ1v) is 8.63. The Bertz CT molecular complexity index is 725. The van der Waals surface area contributed by atoms with Gasteiger partial charge in [0.05, 0.1) is 11.3 Å². The molecule has 0 aliphatic rings. The van der Waals surface area contributed by atoms with E-state index in [-0.39, 0.29) is 5.91 Å². The summed E-state index contributed by atoms with van der Waals surface area (Å²) >= 11 is 0. The Balaban J connectivity index is 2.14. The molecule has 0 atom stereocenters. The van der Waals surface area contributed by atoms with Crippen LogP contribution >= 0.6 is 0 Å². The van der Waals surface area contributed by atoms with Crippen molar-refractivity contribution in [2.45, 2.75) is 26.7 Å². The Kier molecular flexibility index (Phi) is 6.53. The number of hydrogen-bond acceptors (Lipinski definition) is 4. The molecule has 1 amide bonds. The molecule has 2 aromatic rings. The molecule has 25 heavy (non-hydrogen) atoms. The van der Waals surface area contributed by atoms with E-state index in [1.807, 2.05) is 39.2 Å². The molecule has 2 N–H and O–H groups in total.